The maximum absolute atomic E-state index is 6.72. The summed E-state index contributed by atoms with van der Waals surface area (Å²) in [7, 11) is 0. The molecular weight excluding hydrogens is 572 g/mol. The Balaban J connectivity index is 1.41. The molecule has 6 heteroatoms. The number of fused-ring (bicyclic) bond motifs is 1. The van der Waals surface area contributed by atoms with Crippen molar-refractivity contribution in [2.45, 2.75) is 85.0 Å². The van der Waals surface area contributed by atoms with Crippen LogP contribution < -0.4 is 0 Å². The SMILES string of the molecule is Cc1cc(C)c(C=N[C@@H]2[C@@H](N=Cc3c(C)cc(C)cc3C)[C@@H](OCc3ccccc3)O[C@@H]3COC(c4ccccc4)O[C@@H]23)c(C)c1. The zero-order chi connectivity index (χ0) is 32.2. The van der Waals surface area contributed by atoms with Gasteiger partial charge in [0.05, 0.1) is 13.2 Å². The van der Waals surface area contributed by atoms with Crippen LogP contribution in [0.5, 0.6) is 0 Å². The fourth-order valence-corrected chi connectivity index (χ4v) is 6.69. The van der Waals surface area contributed by atoms with Crippen molar-refractivity contribution >= 4 is 12.4 Å². The predicted molar refractivity (Wildman–Crippen MR) is 184 cm³/mol. The van der Waals surface area contributed by atoms with Crippen LogP contribution in [0, 0.1) is 41.5 Å². The normalized spacial score (nSPS) is 24.8. The minimum Gasteiger partial charge on any atom is -0.346 e. The van der Waals surface area contributed by atoms with Gasteiger partial charge in [0.1, 0.15) is 24.3 Å². The van der Waals surface area contributed by atoms with Gasteiger partial charge in [-0.3, -0.25) is 9.98 Å². The second-order valence-corrected chi connectivity index (χ2v) is 12.7. The number of aryl methyl sites for hydroxylation is 6. The highest BCUT2D eigenvalue weighted by Gasteiger charge is 2.50. The van der Waals surface area contributed by atoms with Gasteiger partial charge in [0.2, 0.25) is 0 Å². The molecule has 0 bridgehead atoms. The van der Waals surface area contributed by atoms with Gasteiger partial charge in [-0.25, -0.2) is 0 Å². The van der Waals surface area contributed by atoms with Crippen LogP contribution in [0.3, 0.4) is 0 Å². The second-order valence-electron chi connectivity index (χ2n) is 12.7. The molecule has 6 nitrogen and oxygen atoms in total. The highest BCUT2D eigenvalue weighted by molar-refractivity contribution is 5.85. The third kappa shape index (κ3) is 7.21. The van der Waals surface area contributed by atoms with Gasteiger partial charge in [-0.2, -0.15) is 0 Å². The molecule has 0 saturated carbocycles. The van der Waals surface area contributed by atoms with Gasteiger partial charge in [0, 0.05) is 18.0 Å². The smallest absolute Gasteiger partial charge is 0.184 e. The van der Waals surface area contributed by atoms with Crippen LogP contribution in [-0.4, -0.2) is 49.6 Å². The molecule has 4 aromatic carbocycles. The number of hydrogen-bond acceptors (Lipinski definition) is 6. The van der Waals surface area contributed by atoms with Crippen molar-refractivity contribution in [1.29, 1.82) is 0 Å². The number of nitrogens with zero attached hydrogens (tertiary/aromatic N) is 2. The summed E-state index contributed by atoms with van der Waals surface area (Å²) in [4.78, 5) is 10.5. The molecule has 0 N–H and O–H groups in total. The Labute approximate surface area is 273 Å². The number of rotatable bonds is 8. The van der Waals surface area contributed by atoms with E-state index in [1.807, 2.05) is 61.0 Å². The molecule has 2 aliphatic rings. The lowest BCUT2D eigenvalue weighted by molar-refractivity contribution is -0.325. The van der Waals surface area contributed by atoms with Crippen LogP contribution in [0.15, 0.2) is 94.9 Å². The molecule has 46 heavy (non-hydrogen) atoms. The molecule has 6 rings (SSSR count). The van der Waals surface area contributed by atoms with Gasteiger partial charge in [-0.1, -0.05) is 96.1 Å². The molecule has 0 aliphatic carbocycles. The first kappa shape index (κ1) is 32.0. The molecule has 2 aliphatic heterocycles. The fourth-order valence-electron chi connectivity index (χ4n) is 6.69. The molecule has 0 radical (unpaired) electrons. The summed E-state index contributed by atoms with van der Waals surface area (Å²) in [6.07, 6.45) is 1.99. The Morgan fingerprint density at radius 1 is 0.674 bits per heavy atom. The quantitative estimate of drug-likeness (QED) is 0.189. The minimum atomic E-state index is -0.661. The van der Waals surface area contributed by atoms with E-state index in [1.54, 1.807) is 0 Å². The molecule has 0 aromatic heterocycles. The lowest BCUT2D eigenvalue weighted by Crippen LogP contribution is -2.61. The molecular formula is C40H44N2O4. The number of ether oxygens (including phenoxy) is 4. The van der Waals surface area contributed by atoms with E-state index >= 15 is 0 Å². The third-order valence-corrected chi connectivity index (χ3v) is 8.89. The Bertz CT molecular complexity index is 1660. The highest BCUT2D eigenvalue weighted by atomic mass is 16.7. The van der Waals surface area contributed by atoms with Gasteiger partial charge in [-0.05, 0) is 80.5 Å². The monoisotopic (exact) mass is 616 g/mol. The van der Waals surface area contributed by atoms with Crippen molar-refractivity contribution in [1.82, 2.24) is 0 Å². The minimum absolute atomic E-state index is 0.358. The third-order valence-electron chi connectivity index (χ3n) is 8.89. The number of aliphatic imine (C=N–C) groups is 2. The van der Waals surface area contributed by atoms with Gasteiger partial charge in [0.15, 0.2) is 12.6 Å². The van der Waals surface area contributed by atoms with Crippen LogP contribution in [0.4, 0.5) is 0 Å². The van der Waals surface area contributed by atoms with Crippen LogP contribution in [0.2, 0.25) is 0 Å². The van der Waals surface area contributed by atoms with Crippen molar-refractivity contribution < 1.29 is 18.9 Å². The van der Waals surface area contributed by atoms with E-state index in [0.717, 1.165) is 22.3 Å². The standard InChI is InChI=1S/C40H44N2O4/c1-25-17-27(3)33(28(4)18-25)21-41-36-37(42-22-34-29(5)19-26(2)20-30(34)6)40(43-23-31-13-9-7-10-14-31)45-35-24-44-39(46-38(35)36)32-15-11-8-12-16-32/h7-22,35-40H,23-24H2,1-6H3/t35-,36-,37-,38-,39?,40+/m1/s1. The molecule has 4 aromatic rings. The zero-order valence-corrected chi connectivity index (χ0v) is 27.6. The van der Waals surface area contributed by atoms with Crippen molar-refractivity contribution in [3.8, 4) is 0 Å². The molecule has 1 unspecified atom stereocenters. The fraction of sp³-hybridized carbons (Fsp3) is 0.350. The predicted octanol–water partition coefficient (Wildman–Crippen LogP) is 7.87. The summed E-state index contributed by atoms with van der Waals surface area (Å²) < 4.78 is 26.1. The largest absolute Gasteiger partial charge is 0.346 e. The van der Waals surface area contributed by atoms with E-state index < -0.39 is 30.8 Å². The number of benzene rings is 4. The van der Waals surface area contributed by atoms with Crippen LogP contribution in [-0.2, 0) is 25.6 Å². The molecule has 2 fully saturated rings. The summed E-state index contributed by atoms with van der Waals surface area (Å²) in [6, 6.07) is 28.1. The summed E-state index contributed by atoms with van der Waals surface area (Å²) >= 11 is 0. The van der Waals surface area contributed by atoms with Crippen molar-refractivity contribution in [2.24, 2.45) is 9.98 Å². The summed E-state index contributed by atoms with van der Waals surface area (Å²) in [5.41, 5.74) is 11.4. The van der Waals surface area contributed by atoms with Crippen molar-refractivity contribution in [2.75, 3.05) is 6.61 Å². The molecule has 6 atom stereocenters. The molecule has 2 saturated heterocycles. The summed E-state index contributed by atoms with van der Waals surface area (Å²) in [5, 5.41) is 0. The van der Waals surface area contributed by atoms with Crippen molar-refractivity contribution in [3.63, 3.8) is 0 Å². The van der Waals surface area contributed by atoms with Gasteiger partial charge < -0.3 is 18.9 Å². The Morgan fingerprint density at radius 2 is 1.20 bits per heavy atom. The summed E-state index contributed by atoms with van der Waals surface area (Å²) in [6.45, 7) is 13.5. The first-order chi connectivity index (χ1) is 22.3. The first-order valence-corrected chi connectivity index (χ1v) is 16.1. The topological polar surface area (TPSA) is 61.6 Å². The van der Waals surface area contributed by atoms with E-state index in [4.69, 9.17) is 28.9 Å². The molecule has 238 valence electrons. The Morgan fingerprint density at radius 3 is 1.76 bits per heavy atom. The second kappa shape index (κ2) is 14.2. The number of hydrogen-bond donors (Lipinski definition) is 0. The Hall–Kier alpha value is -3.94. The lowest BCUT2D eigenvalue weighted by atomic mass is 9.93. The van der Waals surface area contributed by atoms with Crippen LogP contribution >= 0.6 is 0 Å². The lowest BCUT2D eigenvalue weighted by Gasteiger charge is -2.47. The van der Waals surface area contributed by atoms with Crippen LogP contribution in [0.25, 0.3) is 0 Å². The summed E-state index contributed by atoms with van der Waals surface area (Å²) in [5.74, 6) is 0. The van der Waals surface area contributed by atoms with E-state index in [2.05, 4.69) is 77.9 Å². The first-order valence-electron chi connectivity index (χ1n) is 16.1. The van der Waals surface area contributed by atoms with E-state index in [0.29, 0.717) is 13.2 Å². The maximum Gasteiger partial charge on any atom is 0.184 e. The maximum atomic E-state index is 6.72. The average molecular weight is 617 g/mol. The van der Waals surface area contributed by atoms with Gasteiger partial charge >= 0.3 is 0 Å². The average Bonchev–Trinajstić information content (AvgIpc) is 3.04. The van der Waals surface area contributed by atoms with E-state index in [9.17, 15) is 0 Å². The van der Waals surface area contributed by atoms with Crippen molar-refractivity contribution in [3.05, 3.63) is 141 Å². The molecule has 2 heterocycles. The van der Waals surface area contributed by atoms with E-state index in [-0.39, 0.29) is 6.10 Å². The Kier molecular flexibility index (Phi) is 9.90. The molecule has 0 spiro atoms. The molecule has 0 amide bonds. The van der Waals surface area contributed by atoms with E-state index in [1.165, 1.54) is 33.4 Å². The zero-order valence-electron chi connectivity index (χ0n) is 27.6. The van der Waals surface area contributed by atoms with Gasteiger partial charge in [-0.15, -0.1) is 0 Å². The van der Waals surface area contributed by atoms with Gasteiger partial charge in [0.25, 0.3) is 0 Å². The highest BCUT2D eigenvalue weighted by Crippen LogP contribution is 2.37. The van der Waals surface area contributed by atoms with Crippen LogP contribution in [0.1, 0.15) is 61.9 Å².